The molecule has 0 radical (unpaired) electrons. The maximum atomic E-state index is 5.83. The number of rotatable bonds is 0. The summed E-state index contributed by atoms with van der Waals surface area (Å²) in [6.07, 6.45) is 1.89. The molecular formula is C12H14N2O. The molecule has 1 fully saturated rings. The standard InChI is InChI=1S/C12H14N2O/c13-11-6-5-8-7-14-10-4-2-1-3-9(10)12(8)15-11/h1-4,8,11H,5-7,13H2. The van der Waals surface area contributed by atoms with Crippen molar-refractivity contribution in [1.82, 2.24) is 0 Å². The van der Waals surface area contributed by atoms with Crippen molar-refractivity contribution in [1.29, 1.82) is 0 Å². The summed E-state index contributed by atoms with van der Waals surface area (Å²) in [5.41, 5.74) is 5.83. The summed E-state index contributed by atoms with van der Waals surface area (Å²) in [4.78, 5) is 4.56. The highest BCUT2D eigenvalue weighted by atomic mass is 16.5. The molecule has 78 valence electrons. The van der Waals surface area contributed by atoms with E-state index in [1.807, 2.05) is 18.2 Å². The van der Waals surface area contributed by atoms with Crippen molar-refractivity contribution < 1.29 is 4.74 Å². The predicted molar refractivity (Wildman–Crippen MR) is 57.3 cm³/mol. The maximum Gasteiger partial charge on any atom is 0.147 e. The van der Waals surface area contributed by atoms with Gasteiger partial charge in [0.25, 0.3) is 0 Å². The number of hydrogen-bond acceptors (Lipinski definition) is 3. The van der Waals surface area contributed by atoms with E-state index < -0.39 is 0 Å². The first-order valence-electron chi connectivity index (χ1n) is 5.40. The molecule has 1 aromatic carbocycles. The van der Waals surface area contributed by atoms with Crippen molar-refractivity contribution in [2.75, 3.05) is 6.54 Å². The van der Waals surface area contributed by atoms with E-state index >= 15 is 0 Å². The fourth-order valence-electron chi connectivity index (χ4n) is 2.30. The number of benzene rings is 1. The molecule has 2 atom stereocenters. The smallest absolute Gasteiger partial charge is 0.147 e. The topological polar surface area (TPSA) is 47.6 Å². The Morgan fingerprint density at radius 1 is 1.27 bits per heavy atom. The number of nitrogens with two attached hydrogens (primary N) is 1. The summed E-state index contributed by atoms with van der Waals surface area (Å²) in [7, 11) is 0. The van der Waals surface area contributed by atoms with Crippen LogP contribution in [0.3, 0.4) is 0 Å². The van der Waals surface area contributed by atoms with Crippen molar-refractivity contribution in [3.63, 3.8) is 0 Å². The number of hydrogen-bond donors (Lipinski definition) is 1. The first kappa shape index (κ1) is 8.92. The van der Waals surface area contributed by atoms with Gasteiger partial charge in [-0.1, -0.05) is 12.1 Å². The summed E-state index contributed by atoms with van der Waals surface area (Å²) in [6, 6.07) is 8.12. The van der Waals surface area contributed by atoms with Crippen LogP contribution in [0.25, 0.3) is 5.76 Å². The minimum atomic E-state index is -0.137. The van der Waals surface area contributed by atoms with E-state index in [0.717, 1.165) is 35.7 Å². The molecule has 1 aromatic rings. The summed E-state index contributed by atoms with van der Waals surface area (Å²) < 4.78 is 5.75. The van der Waals surface area contributed by atoms with Crippen molar-refractivity contribution in [3.05, 3.63) is 34.8 Å². The van der Waals surface area contributed by atoms with Crippen LogP contribution in [0.5, 0.6) is 0 Å². The summed E-state index contributed by atoms with van der Waals surface area (Å²) in [5.74, 6) is 1.50. The first-order chi connectivity index (χ1) is 7.34. The highest BCUT2D eigenvalue weighted by Crippen LogP contribution is 2.27. The molecule has 0 aromatic heterocycles. The number of nitrogens with zero attached hydrogens (tertiary/aromatic N) is 1. The minimum Gasteiger partial charge on any atom is -0.479 e. The van der Waals surface area contributed by atoms with Crippen LogP contribution < -0.4 is 16.3 Å². The Balaban J connectivity index is 2.22. The monoisotopic (exact) mass is 202 g/mol. The molecule has 2 N–H and O–H groups in total. The zero-order chi connectivity index (χ0) is 10.3. The average Bonchev–Trinajstić information content (AvgIpc) is 2.29. The quantitative estimate of drug-likeness (QED) is 0.650. The lowest BCUT2D eigenvalue weighted by molar-refractivity contribution is 0.103. The SMILES string of the molecule is NC1CCC2CN=c3ccccc3=C2O1. The lowest BCUT2D eigenvalue weighted by atomic mass is 9.94. The molecule has 0 bridgehead atoms. The molecule has 15 heavy (non-hydrogen) atoms. The van der Waals surface area contributed by atoms with Gasteiger partial charge in [-0.2, -0.15) is 0 Å². The lowest BCUT2D eigenvalue weighted by Crippen LogP contribution is -2.41. The van der Waals surface area contributed by atoms with Crippen LogP contribution in [0.1, 0.15) is 12.8 Å². The molecule has 3 nitrogen and oxygen atoms in total. The van der Waals surface area contributed by atoms with Crippen LogP contribution in [-0.2, 0) is 4.74 Å². The molecule has 3 rings (SSSR count). The van der Waals surface area contributed by atoms with Crippen molar-refractivity contribution in [3.8, 4) is 0 Å². The fraction of sp³-hybridized carbons (Fsp3) is 0.417. The highest BCUT2D eigenvalue weighted by molar-refractivity contribution is 5.42. The molecule has 0 spiro atoms. The molecule has 2 unspecified atom stereocenters. The second-order valence-electron chi connectivity index (χ2n) is 4.15. The fourth-order valence-corrected chi connectivity index (χ4v) is 2.30. The van der Waals surface area contributed by atoms with Crippen LogP contribution in [0.4, 0.5) is 0 Å². The van der Waals surface area contributed by atoms with Crippen molar-refractivity contribution in [2.24, 2.45) is 16.6 Å². The van der Waals surface area contributed by atoms with Crippen LogP contribution >= 0.6 is 0 Å². The van der Waals surface area contributed by atoms with E-state index in [2.05, 4.69) is 11.1 Å². The molecule has 0 saturated carbocycles. The third-order valence-electron chi connectivity index (χ3n) is 3.10. The first-order valence-corrected chi connectivity index (χ1v) is 5.40. The van der Waals surface area contributed by atoms with E-state index in [9.17, 15) is 0 Å². The molecular weight excluding hydrogens is 188 g/mol. The highest BCUT2D eigenvalue weighted by Gasteiger charge is 2.27. The van der Waals surface area contributed by atoms with E-state index in [1.54, 1.807) is 0 Å². The second kappa shape index (κ2) is 3.35. The van der Waals surface area contributed by atoms with Gasteiger partial charge in [-0.05, 0) is 25.0 Å². The molecule has 0 amide bonds. The number of fused-ring (bicyclic) bond motifs is 2. The second-order valence-corrected chi connectivity index (χ2v) is 4.15. The van der Waals surface area contributed by atoms with Gasteiger partial charge in [0.15, 0.2) is 0 Å². The van der Waals surface area contributed by atoms with Gasteiger partial charge in [0, 0.05) is 17.7 Å². The van der Waals surface area contributed by atoms with E-state index in [-0.39, 0.29) is 6.23 Å². The van der Waals surface area contributed by atoms with Gasteiger partial charge in [0.1, 0.15) is 12.0 Å². The number of ether oxygens (including phenoxy) is 1. The van der Waals surface area contributed by atoms with Gasteiger partial charge in [0.05, 0.1) is 5.36 Å². The Bertz CT molecular complexity index is 495. The Hall–Kier alpha value is -1.35. The van der Waals surface area contributed by atoms with Gasteiger partial charge in [-0.15, -0.1) is 0 Å². The lowest BCUT2D eigenvalue weighted by Gasteiger charge is -2.30. The minimum absolute atomic E-state index is 0.137. The molecule has 2 aliphatic rings. The van der Waals surface area contributed by atoms with E-state index in [4.69, 9.17) is 10.5 Å². The third kappa shape index (κ3) is 1.43. The zero-order valence-corrected chi connectivity index (χ0v) is 8.52. The average molecular weight is 202 g/mol. The van der Waals surface area contributed by atoms with E-state index in [1.165, 1.54) is 0 Å². The van der Waals surface area contributed by atoms with Crippen LogP contribution in [0.15, 0.2) is 29.3 Å². The Labute approximate surface area is 88.3 Å². The molecule has 0 aliphatic carbocycles. The van der Waals surface area contributed by atoms with Gasteiger partial charge in [-0.3, -0.25) is 10.7 Å². The maximum absolute atomic E-state index is 5.83. The molecule has 2 heterocycles. The Morgan fingerprint density at radius 2 is 2.13 bits per heavy atom. The predicted octanol–water partition coefficient (Wildman–Crippen LogP) is 0.139. The van der Waals surface area contributed by atoms with Crippen LogP contribution in [-0.4, -0.2) is 12.8 Å². The third-order valence-corrected chi connectivity index (χ3v) is 3.10. The Morgan fingerprint density at radius 3 is 3.07 bits per heavy atom. The van der Waals surface area contributed by atoms with Gasteiger partial charge in [-0.25, -0.2) is 0 Å². The Kier molecular flexibility index (Phi) is 1.99. The summed E-state index contributed by atoms with van der Waals surface area (Å²) >= 11 is 0. The zero-order valence-electron chi connectivity index (χ0n) is 8.52. The van der Waals surface area contributed by atoms with Crippen molar-refractivity contribution >= 4 is 5.76 Å². The van der Waals surface area contributed by atoms with Gasteiger partial charge < -0.3 is 4.74 Å². The summed E-state index contributed by atoms with van der Waals surface area (Å²) in [6.45, 7) is 0.846. The van der Waals surface area contributed by atoms with E-state index in [0.29, 0.717) is 5.92 Å². The van der Waals surface area contributed by atoms with Crippen LogP contribution in [0, 0.1) is 5.92 Å². The largest absolute Gasteiger partial charge is 0.479 e. The summed E-state index contributed by atoms with van der Waals surface area (Å²) in [5, 5.41) is 2.17. The molecule has 3 heteroatoms. The van der Waals surface area contributed by atoms with Crippen LogP contribution in [0.2, 0.25) is 0 Å². The normalized spacial score (nSPS) is 28.5. The van der Waals surface area contributed by atoms with Crippen molar-refractivity contribution in [2.45, 2.75) is 19.1 Å². The number of para-hydroxylation sites is 1. The van der Waals surface area contributed by atoms with Gasteiger partial charge >= 0.3 is 0 Å². The molecule has 2 aliphatic heterocycles. The van der Waals surface area contributed by atoms with Gasteiger partial charge in [0.2, 0.25) is 0 Å². The molecule has 1 saturated heterocycles.